The first kappa shape index (κ1) is 20.5. The van der Waals surface area contributed by atoms with E-state index in [1.807, 2.05) is 48.5 Å². The fourth-order valence-corrected chi connectivity index (χ4v) is 7.14. The average molecular weight is 443 g/mol. The Morgan fingerprint density at radius 2 is 1.70 bits per heavy atom. The number of amides is 2. The normalized spacial score (nSPS) is 30.6. The molecule has 3 aliphatic rings. The molecule has 3 heterocycles. The number of carbonyl (C=O) groups is 2. The number of nitrogens with zero attached hydrogens (tertiary/aromatic N) is 2. The lowest BCUT2D eigenvalue weighted by atomic mass is 9.64. The Balaban J connectivity index is 1.44. The first-order chi connectivity index (χ1) is 16.0. The Hall–Kier alpha value is -3.08. The summed E-state index contributed by atoms with van der Waals surface area (Å²) in [6.45, 7) is 4.00. The molecule has 0 spiro atoms. The van der Waals surface area contributed by atoms with Crippen molar-refractivity contribution in [3.05, 3.63) is 72.0 Å². The fourth-order valence-electron chi connectivity index (χ4n) is 7.14. The van der Waals surface area contributed by atoms with Crippen LogP contribution in [0.5, 0.6) is 0 Å². The van der Waals surface area contributed by atoms with Crippen LogP contribution in [-0.4, -0.2) is 45.8 Å². The molecule has 2 bridgehead atoms. The lowest BCUT2D eigenvalue weighted by Crippen LogP contribution is -2.62. The molecule has 0 N–H and O–H groups in total. The molecule has 5 heteroatoms. The molecular formula is C28H30N2O3. The zero-order chi connectivity index (χ0) is 22.7. The molecule has 0 radical (unpaired) electrons. The molecule has 3 fully saturated rings. The van der Waals surface area contributed by atoms with E-state index in [1.165, 1.54) is 5.56 Å². The topological polar surface area (TPSA) is 53.8 Å². The summed E-state index contributed by atoms with van der Waals surface area (Å²) < 4.78 is 6.02. The van der Waals surface area contributed by atoms with E-state index in [0.717, 1.165) is 43.1 Å². The lowest BCUT2D eigenvalue weighted by molar-refractivity contribution is -0.142. The van der Waals surface area contributed by atoms with Gasteiger partial charge in [0, 0.05) is 29.8 Å². The number of benzene rings is 2. The molecule has 5 nitrogen and oxygen atoms in total. The van der Waals surface area contributed by atoms with E-state index < -0.39 is 0 Å². The van der Waals surface area contributed by atoms with Gasteiger partial charge in [-0.05, 0) is 49.8 Å². The molecule has 1 saturated carbocycles. The van der Waals surface area contributed by atoms with Gasteiger partial charge in [0.15, 0.2) is 5.76 Å². The van der Waals surface area contributed by atoms with Crippen LogP contribution in [0, 0.1) is 5.41 Å². The molecule has 170 valence electrons. The molecule has 2 aliphatic heterocycles. The summed E-state index contributed by atoms with van der Waals surface area (Å²) in [5.74, 6) is 0.492. The van der Waals surface area contributed by atoms with Crippen LogP contribution in [0.3, 0.4) is 0 Å². The molecule has 6 rings (SSSR count). The maximum atomic E-state index is 14.0. The van der Waals surface area contributed by atoms with Crippen LogP contribution in [0.25, 0.3) is 11.0 Å². The Morgan fingerprint density at radius 3 is 2.42 bits per heavy atom. The van der Waals surface area contributed by atoms with Crippen LogP contribution in [0.4, 0.5) is 0 Å². The van der Waals surface area contributed by atoms with Crippen molar-refractivity contribution < 1.29 is 14.0 Å². The van der Waals surface area contributed by atoms with Gasteiger partial charge in [-0.25, -0.2) is 0 Å². The monoisotopic (exact) mass is 442 g/mol. The second-order valence-corrected chi connectivity index (χ2v) is 10.3. The van der Waals surface area contributed by atoms with Gasteiger partial charge in [-0.2, -0.15) is 0 Å². The van der Waals surface area contributed by atoms with Crippen molar-refractivity contribution in [2.45, 2.75) is 70.1 Å². The van der Waals surface area contributed by atoms with Crippen molar-refractivity contribution in [2.75, 3.05) is 0 Å². The average Bonchev–Trinajstić information content (AvgIpc) is 3.37. The second kappa shape index (κ2) is 7.47. The highest BCUT2D eigenvalue weighted by Gasteiger charge is 2.64. The van der Waals surface area contributed by atoms with Gasteiger partial charge in [-0.1, -0.05) is 55.5 Å². The fraction of sp³-hybridized carbons (Fsp3) is 0.429. The summed E-state index contributed by atoms with van der Waals surface area (Å²) in [5.41, 5.74) is 1.86. The van der Waals surface area contributed by atoms with Crippen molar-refractivity contribution in [1.29, 1.82) is 0 Å². The summed E-state index contributed by atoms with van der Waals surface area (Å²) in [6, 6.07) is 20.3. The number of piperidine rings is 1. The second-order valence-electron chi connectivity index (χ2n) is 10.3. The third-order valence-electron chi connectivity index (χ3n) is 8.48. The number of furan rings is 1. The first-order valence-electron chi connectivity index (χ1n) is 12.1. The minimum absolute atomic E-state index is 0.0147. The zero-order valence-electron chi connectivity index (χ0n) is 19.2. The highest BCUT2D eigenvalue weighted by Crippen LogP contribution is 2.56. The minimum Gasteiger partial charge on any atom is -0.451 e. The summed E-state index contributed by atoms with van der Waals surface area (Å²) in [7, 11) is 0. The predicted molar refractivity (Wildman–Crippen MR) is 127 cm³/mol. The van der Waals surface area contributed by atoms with E-state index in [2.05, 4.69) is 28.9 Å². The quantitative estimate of drug-likeness (QED) is 0.571. The van der Waals surface area contributed by atoms with Crippen molar-refractivity contribution in [3.8, 4) is 0 Å². The molecule has 2 saturated heterocycles. The molecule has 0 unspecified atom stereocenters. The highest BCUT2D eigenvalue weighted by molar-refractivity contribution is 5.97. The van der Waals surface area contributed by atoms with Gasteiger partial charge in [-0.3, -0.25) is 9.59 Å². The Bertz CT molecular complexity index is 1190. The van der Waals surface area contributed by atoms with Gasteiger partial charge in [0.1, 0.15) is 5.58 Å². The standard InChI is InChI=1S/C28H30N2O3/c1-18(31)29-21(15-19-9-4-3-5-10-19)22-17-28(2)25(29)13-8-14-26(28)30(22)27(32)24-16-20-11-6-7-12-23(20)33-24/h3-7,9-12,16,21-22,25-26H,8,13-15,17H2,1-2H3/t21-,22-,25+,26-,28+/m0/s1. The van der Waals surface area contributed by atoms with Crippen LogP contribution in [-0.2, 0) is 11.2 Å². The van der Waals surface area contributed by atoms with Crippen molar-refractivity contribution in [2.24, 2.45) is 5.41 Å². The van der Waals surface area contributed by atoms with E-state index in [4.69, 9.17) is 4.42 Å². The molecule has 1 aliphatic carbocycles. The number of hydrogen-bond donors (Lipinski definition) is 0. The Kier molecular flexibility index (Phi) is 4.65. The van der Waals surface area contributed by atoms with Gasteiger partial charge in [0.25, 0.3) is 5.91 Å². The number of hydrogen-bond acceptors (Lipinski definition) is 3. The maximum absolute atomic E-state index is 14.0. The Morgan fingerprint density at radius 1 is 1.00 bits per heavy atom. The van der Waals surface area contributed by atoms with Gasteiger partial charge in [-0.15, -0.1) is 0 Å². The van der Waals surface area contributed by atoms with Crippen LogP contribution >= 0.6 is 0 Å². The molecule has 3 aromatic rings. The van der Waals surface area contributed by atoms with Crippen molar-refractivity contribution in [1.82, 2.24) is 9.80 Å². The number of fused-ring (bicyclic) bond motifs is 2. The molecule has 33 heavy (non-hydrogen) atoms. The Labute approximate surface area is 194 Å². The summed E-state index contributed by atoms with van der Waals surface area (Å²) in [4.78, 5) is 31.3. The van der Waals surface area contributed by atoms with Gasteiger partial charge < -0.3 is 14.2 Å². The molecular weight excluding hydrogens is 412 g/mol. The number of carbonyl (C=O) groups excluding carboxylic acids is 2. The van der Waals surface area contributed by atoms with E-state index in [-0.39, 0.29) is 41.4 Å². The number of para-hydroxylation sites is 1. The zero-order valence-corrected chi connectivity index (χ0v) is 19.2. The van der Waals surface area contributed by atoms with E-state index in [0.29, 0.717) is 5.76 Å². The molecule has 2 amide bonds. The lowest BCUT2D eigenvalue weighted by Gasteiger charge is -2.52. The SMILES string of the molecule is CC(=O)N1[C@@H](Cc2ccccc2)[C@@H]2C[C@@]3(C)[C@H](CCC[C@@H]13)N2C(=O)c1cc2ccccc2o1. The molecule has 2 aromatic carbocycles. The molecule has 5 atom stereocenters. The highest BCUT2D eigenvalue weighted by atomic mass is 16.3. The smallest absolute Gasteiger partial charge is 0.290 e. The number of likely N-dealkylation sites (tertiary alicyclic amines) is 2. The minimum atomic E-state index is -0.0799. The van der Waals surface area contributed by atoms with Crippen LogP contribution < -0.4 is 0 Å². The largest absolute Gasteiger partial charge is 0.451 e. The number of rotatable bonds is 3. The van der Waals surface area contributed by atoms with E-state index in [1.54, 1.807) is 6.92 Å². The third-order valence-corrected chi connectivity index (χ3v) is 8.48. The van der Waals surface area contributed by atoms with Gasteiger partial charge in [0.05, 0.1) is 12.1 Å². The van der Waals surface area contributed by atoms with E-state index >= 15 is 0 Å². The van der Waals surface area contributed by atoms with Crippen LogP contribution in [0.2, 0.25) is 0 Å². The maximum Gasteiger partial charge on any atom is 0.290 e. The van der Waals surface area contributed by atoms with E-state index in [9.17, 15) is 9.59 Å². The van der Waals surface area contributed by atoms with Crippen LogP contribution in [0.15, 0.2) is 65.1 Å². The summed E-state index contributed by atoms with van der Waals surface area (Å²) in [5, 5.41) is 0.946. The third kappa shape index (κ3) is 3.05. The van der Waals surface area contributed by atoms with Crippen molar-refractivity contribution >= 4 is 22.8 Å². The van der Waals surface area contributed by atoms with Crippen molar-refractivity contribution in [3.63, 3.8) is 0 Å². The first-order valence-corrected chi connectivity index (χ1v) is 12.1. The van der Waals surface area contributed by atoms with Crippen LogP contribution in [0.1, 0.15) is 55.6 Å². The van der Waals surface area contributed by atoms with Gasteiger partial charge >= 0.3 is 0 Å². The summed E-state index contributed by atoms with van der Waals surface area (Å²) in [6.07, 6.45) is 4.73. The predicted octanol–water partition coefficient (Wildman–Crippen LogP) is 5.05. The summed E-state index contributed by atoms with van der Waals surface area (Å²) >= 11 is 0. The van der Waals surface area contributed by atoms with Gasteiger partial charge in [0.2, 0.25) is 5.91 Å². The molecule has 1 aromatic heterocycles.